The molecule has 1 atom stereocenters. The molecule has 0 saturated heterocycles. The van der Waals surface area contributed by atoms with Crippen molar-refractivity contribution in [3.8, 4) is 22.8 Å². The Morgan fingerprint density at radius 1 is 0.979 bits per heavy atom. The van der Waals surface area contributed by atoms with Crippen molar-refractivity contribution in [2.24, 2.45) is 17.3 Å². The number of nitrogens with zero attached hydrogens (tertiary/aromatic N) is 2. The van der Waals surface area contributed by atoms with E-state index in [-0.39, 0.29) is 28.8 Å². The number of imidazole rings is 1. The summed E-state index contributed by atoms with van der Waals surface area (Å²) < 4.78 is 8.12. The molecule has 0 spiro atoms. The largest absolute Gasteiger partial charge is 0.478 e. The third-order valence-corrected chi connectivity index (χ3v) is 9.97. The minimum Gasteiger partial charge on any atom is -0.478 e. The lowest BCUT2D eigenvalue weighted by Crippen LogP contribution is -2.38. The number of amides is 1. The van der Waals surface area contributed by atoms with Crippen molar-refractivity contribution in [1.82, 2.24) is 14.9 Å². The van der Waals surface area contributed by atoms with Gasteiger partial charge < -0.3 is 19.7 Å². The molecule has 48 heavy (non-hydrogen) atoms. The molecule has 0 radical (unpaired) electrons. The smallest absolute Gasteiger partial charge is 0.335 e. The molecule has 1 amide bonds. The summed E-state index contributed by atoms with van der Waals surface area (Å²) in [6, 6.07) is 19.1. The van der Waals surface area contributed by atoms with E-state index in [2.05, 4.69) is 37.6 Å². The van der Waals surface area contributed by atoms with Crippen molar-refractivity contribution in [1.29, 1.82) is 0 Å². The molecular formula is C39H45Cl2N3O4. The number of benzene rings is 3. The molecule has 1 heterocycles. The van der Waals surface area contributed by atoms with Gasteiger partial charge >= 0.3 is 5.97 Å². The average Bonchev–Trinajstić information content (AvgIpc) is 3.48. The van der Waals surface area contributed by atoms with Crippen LogP contribution in [0.4, 0.5) is 0 Å². The van der Waals surface area contributed by atoms with Gasteiger partial charge in [-0.3, -0.25) is 4.79 Å². The molecule has 1 fully saturated rings. The monoisotopic (exact) mass is 689 g/mol. The van der Waals surface area contributed by atoms with Crippen molar-refractivity contribution >= 4 is 35.1 Å². The number of ether oxygens (including phenoxy) is 1. The summed E-state index contributed by atoms with van der Waals surface area (Å²) >= 11 is 12.8. The van der Waals surface area contributed by atoms with Crippen LogP contribution in [0.15, 0.2) is 72.9 Å². The van der Waals surface area contributed by atoms with Crippen LogP contribution in [0.2, 0.25) is 10.0 Å². The highest BCUT2D eigenvalue weighted by molar-refractivity contribution is 6.36. The van der Waals surface area contributed by atoms with Crippen LogP contribution in [0.25, 0.3) is 11.3 Å². The minimum absolute atomic E-state index is 0.0291. The molecule has 1 aromatic heterocycles. The Labute approximate surface area is 293 Å². The first-order valence-corrected chi connectivity index (χ1v) is 17.6. The first-order chi connectivity index (χ1) is 22.9. The van der Waals surface area contributed by atoms with E-state index >= 15 is 0 Å². The lowest BCUT2D eigenvalue weighted by atomic mass is 9.69. The lowest BCUT2D eigenvalue weighted by Gasteiger charge is -2.36. The summed E-state index contributed by atoms with van der Waals surface area (Å²) in [6.45, 7) is 9.80. The fourth-order valence-electron chi connectivity index (χ4n) is 6.49. The number of carbonyl (C=O) groups is 2. The molecule has 7 nitrogen and oxygen atoms in total. The molecule has 9 heteroatoms. The average molecular weight is 691 g/mol. The van der Waals surface area contributed by atoms with E-state index in [1.807, 2.05) is 42.6 Å². The zero-order chi connectivity index (χ0) is 34.4. The number of hydrogen-bond acceptors (Lipinski definition) is 4. The number of hydrogen-bond donors (Lipinski definition) is 2. The molecule has 1 aliphatic rings. The van der Waals surface area contributed by atoms with Crippen molar-refractivity contribution in [2.45, 2.75) is 85.2 Å². The molecule has 2 N–H and O–H groups in total. The van der Waals surface area contributed by atoms with Gasteiger partial charge in [0.05, 0.1) is 22.3 Å². The van der Waals surface area contributed by atoms with Gasteiger partial charge in [0.15, 0.2) is 0 Å². The maximum atomic E-state index is 13.9. The second kappa shape index (κ2) is 15.6. The van der Waals surface area contributed by atoms with Gasteiger partial charge in [0, 0.05) is 29.2 Å². The normalized spacial score (nSPS) is 17.1. The fraction of sp³-hybridized carbons (Fsp3) is 0.410. The van der Waals surface area contributed by atoms with Crippen molar-refractivity contribution in [2.75, 3.05) is 0 Å². The molecular weight excluding hydrogens is 645 g/mol. The van der Waals surface area contributed by atoms with E-state index in [1.54, 1.807) is 18.2 Å². The van der Waals surface area contributed by atoms with Crippen molar-refractivity contribution < 1.29 is 19.4 Å². The highest BCUT2D eigenvalue weighted by Crippen LogP contribution is 2.40. The molecule has 0 unspecified atom stereocenters. The highest BCUT2D eigenvalue weighted by Gasteiger charge is 2.34. The summed E-state index contributed by atoms with van der Waals surface area (Å²) in [5.41, 5.74) is 2.99. The number of carboxylic acids is 1. The number of carboxylic acid groups (broad SMARTS) is 1. The second-order valence-corrected chi connectivity index (χ2v) is 14.8. The Morgan fingerprint density at radius 2 is 1.62 bits per heavy atom. The molecule has 0 aliphatic heterocycles. The van der Waals surface area contributed by atoms with Gasteiger partial charge in [0.25, 0.3) is 0 Å². The summed E-state index contributed by atoms with van der Waals surface area (Å²) in [5, 5.41) is 13.7. The molecule has 254 valence electrons. The van der Waals surface area contributed by atoms with E-state index in [0.29, 0.717) is 33.9 Å². The van der Waals surface area contributed by atoms with Crippen LogP contribution in [0.3, 0.4) is 0 Å². The SMILES string of the molecule is CCCCn1cc(-c2ccc(Cl)cc2Cl)nc1[C@H](Cc1ccc(Oc2ccc(C(=O)O)cc2)cc1)NC(=O)C1CCC(C(C)(C)C)CC1. The standard InChI is InChI=1S/C39H45Cl2N3O4/c1-5-6-21-44-24-35(32-20-15-29(40)23-33(32)41)42-36(44)34(43-37(45)26-9-13-28(14-10-26)39(2,3)4)22-25-7-16-30(17-8-25)48-31-18-11-27(12-19-31)38(46)47/h7-8,11-12,15-20,23-24,26,28,34H,5-6,9-10,13-14,21-22H2,1-4H3,(H,43,45)(H,46,47)/t26?,28?,34-/m0/s1. The van der Waals surface area contributed by atoms with Gasteiger partial charge in [-0.1, -0.05) is 69.5 Å². The molecule has 5 rings (SSSR count). The quantitative estimate of drug-likeness (QED) is 0.154. The fourth-order valence-corrected chi connectivity index (χ4v) is 7.00. The minimum atomic E-state index is -0.983. The number of unbranched alkanes of at least 4 members (excludes halogenated alkanes) is 1. The maximum Gasteiger partial charge on any atom is 0.335 e. The zero-order valence-electron chi connectivity index (χ0n) is 28.1. The van der Waals surface area contributed by atoms with Crippen LogP contribution in [0, 0.1) is 17.3 Å². The van der Waals surface area contributed by atoms with Crippen LogP contribution >= 0.6 is 23.2 Å². The second-order valence-electron chi connectivity index (χ2n) is 13.9. The molecule has 1 aliphatic carbocycles. The number of carbonyl (C=O) groups excluding carboxylic acids is 1. The van der Waals surface area contributed by atoms with Gasteiger partial charge in [-0.2, -0.15) is 0 Å². The molecule has 3 aromatic carbocycles. The Kier molecular flexibility index (Phi) is 11.5. The number of aromatic carboxylic acids is 1. The van der Waals surface area contributed by atoms with Crippen molar-refractivity contribution in [3.63, 3.8) is 0 Å². The van der Waals surface area contributed by atoms with Gasteiger partial charge in [0.2, 0.25) is 5.91 Å². The van der Waals surface area contributed by atoms with Crippen LogP contribution in [0.5, 0.6) is 11.5 Å². The number of nitrogens with one attached hydrogen (secondary N) is 1. The van der Waals surface area contributed by atoms with Gasteiger partial charge in [-0.25, -0.2) is 9.78 Å². The third-order valence-electron chi connectivity index (χ3n) is 9.42. The summed E-state index contributed by atoms with van der Waals surface area (Å²) in [7, 11) is 0. The predicted molar refractivity (Wildman–Crippen MR) is 192 cm³/mol. The highest BCUT2D eigenvalue weighted by atomic mass is 35.5. The number of halogens is 2. The lowest BCUT2D eigenvalue weighted by molar-refractivity contribution is -0.127. The summed E-state index contributed by atoms with van der Waals surface area (Å²) in [4.78, 5) is 30.2. The van der Waals surface area contributed by atoms with Crippen molar-refractivity contribution in [3.05, 3.63) is 99.9 Å². The van der Waals surface area contributed by atoms with E-state index in [0.717, 1.165) is 67.7 Å². The summed E-state index contributed by atoms with van der Waals surface area (Å²) in [6.07, 6.45) is 8.42. The van der Waals surface area contributed by atoms with E-state index in [9.17, 15) is 14.7 Å². The van der Waals surface area contributed by atoms with Crippen LogP contribution < -0.4 is 10.1 Å². The first-order valence-electron chi connectivity index (χ1n) is 16.8. The number of aryl methyl sites for hydroxylation is 1. The summed E-state index contributed by atoms with van der Waals surface area (Å²) in [5.74, 6) is 1.65. The van der Waals surface area contributed by atoms with Crippen LogP contribution in [0.1, 0.15) is 94.0 Å². The maximum absolute atomic E-state index is 13.9. The van der Waals surface area contributed by atoms with Crippen LogP contribution in [-0.4, -0.2) is 26.5 Å². The Bertz CT molecular complexity index is 1700. The Hall–Kier alpha value is -3.81. The number of aromatic nitrogens is 2. The molecule has 0 bridgehead atoms. The molecule has 1 saturated carbocycles. The predicted octanol–water partition coefficient (Wildman–Crippen LogP) is 10.4. The van der Waals surface area contributed by atoms with Gasteiger partial charge in [-0.15, -0.1) is 0 Å². The van der Waals surface area contributed by atoms with E-state index in [4.69, 9.17) is 32.9 Å². The zero-order valence-corrected chi connectivity index (χ0v) is 29.7. The topological polar surface area (TPSA) is 93.5 Å². The van der Waals surface area contributed by atoms with Crippen LogP contribution in [-0.2, 0) is 17.8 Å². The first kappa shape index (κ1) is 35.5. The Balaban J connectivity index is 1.41. The Morgan fingerprint density at radius 3 is 2.21 bits per heavy atom. The number of rotatable bonds is 12. The van der Waals surface area contributed by atoms with Gasteiger partial charge in [-0.05, 0) is 110 Å². The van der Waals surface area contributed by atoms with Gasteiger partial charge in [0.1, 0.15) is 17.3 Å². The van der Waals surface area contributed by atoms with E-state index in [1.165, 1.54) is 12.1 Å². The third kappa shape index (κ3) is 9.00. The molecule has 4 aromatic rings. The van der Waals surface area contributed by atoms with E-state index < -0.39 is 5.97 Å².